The molecular weight excluding hydrogens is 445 g/mol. The summed E-state index contributed by atoms with van der Waals surface area (Å²) < 4.78 is 32.0. The van der Waals surface area contributed by atoms with Crippen LogP contribution in [0.2, 0.25) is 0 Å². The lowest BCUT2D eigenvalue weighted by Gasteiger charge is -2.17. The predicted octanol–water partition coefficient (Wildman–Crippen LogP) is 6.46. The van der Waals surface area contributed by atoms with Crippen LogP contribution >= 0.6 is 11.6 Å². The number of allylic oxidation sites excluding steroid dienone is 3. The third-order valence-electron chi connectivity index (χ3n) is 6.15. The number of rotatable bonds is 4. The molecule has 4 rings (SSSR count). The van der Waals surface area contributed by atoms with Gasteiger partial charge in [0.15, 0.2) is 0 Å². The molecule has 1 aromatic heterocycles. The number of nitrogens with zero attached hydrogens (tertiary/aromatic N) is 3. The Morgan fingerprint density at radius 2 is 1.81 bits per heavy atom. The SMILES string of the molecule is Cn1nc(/C=C/C2=C(Cl)C[C@@H]3CC[C@H](C2)/C3=N\S(=O)C(C)(C)C)cc1-c1ccc(F)cc1. The van der Waals surface area contributed by atoms with Crippen LogP contribution in [-0.4, -0.2) is 24.4 Å². The number of aryl methyl sites for hydroxylation is 1. The van der Waals surface area contributed by atoms with Gasteiger partial charge in [-0.25, -0.2) is 8.60 Å². The minimum Gasteiger partial charge on any atom is -0.267 e. The van der Waals surface area contributed by atoms with Crippen molar-refractivity contribution in [3.05, 3.63) is 58.5 Å². The molecule has 2 aromatic rings. The van der Waals surface area contributed by atoms with E-state index in [1.165, 1.54) is 12.1 Å². The number of halogens is 2. The molecule has 0 saturated heterocycles. The van der Waals surface area contributed by atoms with Crippen LogP contribution in [0.4, 0.5) is 4.39 Å². The van der Waals surface area contributed by atoms with E-state index in [0.29, 0.717) is 5.92 Å². The third-order valence-corrected chi connectivity index (χ3v) is 7.97. The fraction of sp³-hybridized carbons (Fsp3) is 0.440. The first-order chi connectivity index (χ1) is 15.1. The van der Waals surface area contributed by atoms with Crippen LogP contribution in [0, 0.1) is 17.7 Å². The molecule has 2 aliphatic carbocycles. The quantitative estimate of drug-likeness (QED) is 0.511. The van der Waals surface area contributed by atoms with Crippen LogP contribution in [0.1, 0.15) is 52.1 Å². The largest absolute Gasteiger partial charge is 0.267 e. The summed E-state index contributed by atoms with van der Waals surface area (Å²) in [4.78, 5) is 0. The molecule has 1 fully saturated rings. The lowest BCUT2D eigenvalue weighted by atomic mass is 9.97. The minimum absolute atomic E-state index is 0.255. The number of aromatic nitrogens is 2. The zero-order valence-corrected chi connectivity index (χ0v) is 20.5. The van der Waals surface area contributed by atoms with Gasteiger partial charge in [-0.2, -0.15) is 9.50 Å². The second-order valence-electron chi connectivity index (χ2n) is 9.61. The smallest absolute Gasteiger partial charge is 0.144 e. The summed E-state index contributed by atoms with van der Waals surface area (Å²) in [5.41, 5.74) is 4.83. The number of fused-ring (bicyclic) bond motifs is 2. The molecule has 2 aliphatic rings. The van der Waals surface area contributed by atoms with Crippen LogP contribution in [-0.2, 0) is 18.0 Å². The molecule has 4 nitrogen and oxygen atoms in total. The highest BCUT2D eigenvalue weighted by molar-refractivity contribution is 7.85. The summed E-state index contributed by atoms with van der Waals surface area (Å²) in [7, 11) is 0.632. The molecule has 3 atom stereocenters. The van der Waals surface area contributed by atoms with Gasteiger partial charge in [-0.05, 0) is 94.0 Å². The first-order valence-corrected chi connectivity index (χ1v) is 12.5. The minimum atomic E-state index is -1.25. The lowest BCUT2D eigenvalue weighted by molar-refractivity contribution is 0.602. The van der Waals surface area contributed by atoms with Gasteiger partial charge < -0.3 is 0 Å². The van der Waals surface area contributed by atoms with Crippen molar-refractivity contribution in [2.75, 3.05) is 0 Å². The Kier molecular flexibility index (Phi) is 6.55. The maximum atomic E-state index is 13.2. The zero-order chi connectivity index (χ0) is 23.0. The van der Waals surface area contributed by atoms with Gasteiger partial charge in [0.25, 0.3) is 0 Å². The molecule has 0 amide bonds. The van der Waals surface area contributed by atoms with Gasteiger partial charge in [-0.15, -0.1) is 0 Å². The highest BCUT2D eigenvalue weighted by Crippen LogP contribution is 2.43. The van der Waals surface area contributed by atoms with Crippen molar-refractivity contribution in [2.45, 2.75) is 51.2 Å². The molecule has 32 heavy (non-hydrogen) atoms. The predicted molar refractivity (Wildman–Crippen MR) is 131 cm³/mol. The van der Waals surface area contributed by atoms with E-state index in [2.05, 4.69) is 15.6 Å². The molecule has 170 valence electrons. The van der Waals surface area contributed by atoms with E-state index in [0.717, 1.165) is 59.0 Å². The summed E-state index contributed by atoms with van der Waals surface area (Å²) in [5, 5.41) is 5.44. The molecule has 1 heterocycles. The molecule has 0 aliphatic heterocycles. The Bertz CT molecular complexity index is 1130. The van der Waals surface area contributed by atoms with E-state index in [-0.39, 0.29) is 16.5 Å². The van der Waals surface area contributed by atoms with E-state index in [1.54, 1.807) is 16.8 Å². The summed E-state index contributed by atoms with van der Waals surface area (Å²) in [6.45, 7) is 5.87. The van der Waals surface area contributed by atoms with Gasteiger partial charge in [-0.3, -0.25) is 4.68 Å². The molecule has 1 saturated carbocycles. The van der Waals surface area contributed by atoms with E-state index in [9.17, 15) is 8.60 Å². The van der Waals surface area contributed by atoms with Crippen molar-refractivity contribution < 1.29 is 8.60 Å². The van der Waals surface area contributed by atoms with Crippen molar-refractivity contribution in [2.24, 2.45) is 23.3 Å². The van der Waals surface area contributed by atoms with Gasteiger partial charge in [0.1, 0.15) is 16.8 Å². The molecule has 0 spiro atoms. The van der Waals surface area contributed by atoms with Crippen LogP contribution in [0.15, 0.2) is 51.4 Å². The van der Waals surface area contributed by atoms with Gasteiger partial charge in [0, 0.05) is 29.6 Å². The summed E-state index contributed by atoms with van der Waals surface area (Å²) in [5.74, 6) is 0.319. The Balaban J connectivity index is 1.55. The van der Waals surface area contributed by atoms with Crippen LogP contribution < -0.4 is 0 Å². The maximum Gasteiger partial charge on any atom is 0.144 e. The van der Waals surface area contributed by atoms with E-state index in [4.69, 9.17) is 11.6 Å². The molecule has 1 aromatic carbocycles. The molecule has 0 radical (unpaired) electrons. The Hall–Kier alpha value is -2.05. The molecule has 1 unspecified atom stereocenters. The topological polar surface area (TPSA) is 47.2 Å². The average Bonchev–Trinajstić information content (AvgIpc) is 3.23. The van der Waals surface area contributed by atoms with E-state index >= 15 is 0 Å². The van der Waals surface area contributed by atoms with E-state index in [1.807, 2.05) is 40.0 Å². The van der Waals surface area contributed by atoms with Gasteiger partial charge in [0.05, 0.1) is 16.1 Å². The molecular formula is C25H29ClFN3OS. The van der Waals surface area contributed by atoms with Crippen LogP contribution in [0.5, 0.6) is 0 Å². The van der Waals surface area contributed by atoms with Crippen molar-refractivity contribution in [3.63, 3.8) is 0 Å². The van der Waals surface area contributed by atoms with Gasteiger partial charge >= 0.3 is 0 Å². The number of benzene rings is 1. The van der Waals surface area contributed by atoms with Crippen molar-refractivity contribution in [1.82, 2.24) is 9.78 Å². The second kappa shape index (κ2) is 9.06. The summed E-state index contributed by atoms with van der Waals surface area (Å²) >= 11 is 6.72. The molecule has 7 heteroatoms. The Morgan fingerprint density at radius 1 is 1.16 bits per heavy atom. The molecule has 0 N–H and O–H groups in total. The van der Waals surface area contributed by atoms with Gasteiger partial charge in [0.2, 0.25) is 0 Å². The van der Waals surface area contributed by atoms with Crippen molar-refractivity contribution in [3.8, 4) is 11.3 Å². The maximum absolute atomic E-state index is 13.2. The third kappa shape index (κ3) is 4.96. The van der Waals surface area contributed by atoms with Gasteiger partial charge in [-0.1, -0.05) is 17.7 Å². The summed E-state index contributed by atoms with van der Waals surface area (Å²) in [6, 6.07) is 8.40. The Labute approximate surface area is 196 Å². The zero-order valence-electron chi connectivity index (χ0n) is 18.9. The normalized spacial score (nSPS) is 23.9. The lowest BCUT2D eigenvalue weighted by Crippen LogP contribution is -2.23. The van der Waals surface area contributed by atoms with E-state index < -0.39 is 11.0 Å². The molecule has 2 bridgehead atoms. The van der Waals surface area contributed by atoms with Crippen LogP contribution in [0.25, 0.3) is 17.3 Å². The number of hydrogen-bond acceptors (Lipinski definition) is 2. The first kappa shape index (κ1) is 23.1. The second-order valence-corrected chi connectivity index (χ2v) is 12.0. The summed E-state index contributed by atoms with van der Waals surface area (Å²) in [6.07, 6.45) is 7.71. The fourth-order valence-electron chi connectivity index (χ4n) is 4.36. The standard InChI is InChI=1S/C25H29ClFN3OS/c1-25(2,3)32(31)29-24-18-5-6-19(24)14-22(26)17(13-18)9-12-21-15-23(30(4)28-21)16-7-10-20(27)11-8-16/h7-12,15,18-19H,5-6,13-14H2,1-4H3/b12-9+,29-24+/t18-,19+,32?/m1/s1. The van der Waals surface area contributed by atoms with Crippen LogP contribution in [0.3, 0.4) is 0 Å². The first-order valence-electron chi connectivity index (χ1n) is 11.0. The van der Waals surface area contributed by atoms with Crippen molar-refractivity contribution in [1.29, 1.82) is 0 Å². The Morgan fingerprint density at radius 3 is 2.47 bits per heavy atom. The highest BCUT2D eigenvalue weighted by Gasteiger charge is 2.37. The van der Waals surface area contributed by atoms with Crippen molar-refractivity contribution >= 4 is 34.4 Å². The average molecular weight is 474 g/mol. The number of hydrogen-bond donors (Lipinski definition) is 0. The monoisotopic (exact) mass is 473 g/mol. The fourth-order valence-corrected chi connectivity index (χ4v) is 5.45. The highest BCUT2D eigenvalue weighted by atomic mass is 35.5.